The second kappa shape index (κ2) is 6.96. The molecule has 0 aromatic carbocycles. The number of amides is 1. The monoisotopic (exact) mass is 344 g/mol. The summed E-state index contributed by atoms with van der Waals surface area (Å²) in [6, 6.07) is 3.84. The van der Waals surface area contributed by atoms with Crippen molar-refractivity contribution >= 4 is 17.2 Å². The summed E-state index contributed by atoms with van der Waals surface area (Å²) in [6.45, 7) is 4.97. The highest BCUT2D eigenvalue weighted by Gasteiger charge is 2.38. The van der Waals surface area contributed by atoms with Crippen LogP contribution < -0.4 is 0 Å². The van der Waals surface area contributed by atoms with E-state index < -0.39 is 0 Å². The number of hydrogen-bond donors (Lipinski definition) is 0. The third-order valence-electron chi connectivity index (χ3n) is 4.69. The molecule has 2 atom stereocenters. The number of hydrogen-bond acceptors (Lipinski definition) is 6. The average molecular weight is 344 g/mol. The Hall–Kier alpha value is -1.83. The van der Waals surface area contributed by atoms with Gasteiger partial charge in [0, 0.05) is 44.8 Å². The highest BCUT2D eigenvalue weighted by molar-refractivity contribution is 7.07. The van der Waals surface area contributed by atoms with Gasteiger partial charge in [0.1, 0.15) is 12.0 Å². The molecular weight excluding hydrogens is 324 g/mol. The van der Waals surface area contributed by atoms with E-state index in [1.807, 2.05) is 4.90 Å². The van der Waals surface area contributed by atoms with Gasteiger partial charge >= 0.3 is 0 Å². The van der Waals surface area contributed by atoms with Crippen molar-refractivity contribution in [2.75, 3.05) is 32.8 Å². The van der Waals surface area contributed by atoms with Gasteiger partial charge in [-0.1, -0.05) is 0 Å². The van der Waals surface area contributed by atoms with E-state index in [1.54, 1.807) is 23.6 Å². The van der Waals surface area contributed by atoms with E-state index >= 15 is 0 Å². The Labute approximate surface area is 145 Å². The van der Waals surface area contributed by atoms with Crippen LogP contribution >= 0.6 is 11.3 Å². The summed E-state index contributed by atoms with van der Waals surface area (Å²) in [6.07, 6.45) is 3.15. The molecular formula is C17H20N4O2S. The summed E-state index contributed by atoms with van der Waals surface area (Å²) in [4.78, 5) is 24.8. The van der Waals surface area contributed by atoms with Crippen molar-refractivity contribution in [2.45, 2.75) is 12.6 Å². The van der Waals surface area contributed by atoms with Gasteiger partial charge in [-0.3, -0.25) is 9.69 Å². The Balaban J connectivity index is 1.41. The second-order valence-corrected chi connectivity index (χ2v) is 7.12. The minimum Gasteiger partial charge on any atom is -0.375 e. The predicted octanol–water partition coefficient (Wildman–Crippen LogP) is 1.51. The first-order valence-corrected chi connectivity index (χ1v) is 9.14. The van der Waals surface area contributed by atoms with Gasteiger partial charge in [0.25, 0.3) is 5.91 Å². The molecule has 2 fully saturated rings. The van der Waals surface area contributed by atoms with E-state index in [0.717, 1.165) is 32.8 Å². The highest BCUT2D eigenvalue weighted by atomic mass is 32.1. The Morgan fingerprint density at radius 2 is 2.29 bits per heavy atom. The molecule has 7 heteroatoms. The van der Waals surface area contributed by atoms with Crippen LogP contribution in [0.5, 0.6) is 0 Å². The lowest BCUT2D eigenvalue weighted by atomic mass is 10.1. The smallest absolute Gasteiger partial charge is 0.272 e. The van der Waals surface area contributed by atoms with Crippen LogP contribution in [0.15, 0.2) is 35.4 Å². The third-order valence-corrected chi connectivity index (χ3v) is 5.42. The number of carbonyl (C=O) groups is 1. The number of rotatable bonds is 3. The molecule has 24 heavy (non-hydrogen) atoms. The first kappa shape index (κ1) is 15.7. The van der Waals surface area contributed by atoms with Crippen molar-refractivity contribution in [1.29, 1.82) is 0 Å². The Kier molecular flexibility index (Phi) is 4.55. The second-order valence-electron chi connectivity index (χ2n) is 6.34. The Bertz CT molecular complexity index is 679. The SMILES string of the molecule is O=C(c1ccncn1)N1C[C@@H]2CN(Cc3ccsc3)CCO[C@@H]2C1. The lowest BCUT2D eigenvalue weighted by molar-refractivity contribution is 0.0482. The van der Waals surface area contributed by atoms with Crippen molar-refractivity contribution in [3.63, 3.8) is 0 Å². The van der Waals surface area contributed by atoms with Gasteiger partial charge in [-0.25, -0.2) is 9.97 Å². The lowest BCUT2D eigenvalue weighted by Crippen LogP contribution is -2.34. The molecule has 0 saturated carbocycles. The van der Waals surface area contributed by atoms with Crippen LogP contribution in [0.4, 0.5) is 0 Å². The zero-order valence-corrected chi connectivity index (χ0v) is 14.2. The topological polar surface area (TPSA) is 58.6 Å². The van der Waals surface area contributed by atoms with Gasteiger partial charge in [0.05, 0.1) is 12.7 Å². The first-order chi connectivity index (χ1) is 11.8. The van der Waals surface area contributed by atoms with E-state index in [9.17, 15) is 4.79 Å². The van der Waals surface area contributed by atoms with Crippen LogP contribution in [0.2, 0.25) is 0 Å². The molecule has 2 aromatic heterocycles. The molecule has 4 rings (SSSR count). The van der Waals surface area contributed by atoms with Gasteiger partial charge < -0.3 is 9.64 Å². The molecule has 0 N–H and O–H groups in total. The van der Waals surface area contributed by atoms with Crippen LogP contribution in [-0.4, -0.2) is 64.6 Å². The number of thiophene rings is 1. The van der Waals surface area contributed by atoms with Crippen LogP contribution in [0.1, 0.15) is 16.1 Å². The number of likely N-dealkylation sites (tertiary alicyclic amines) is 1. The van der Waals surface area contributed by atoms with Gasteiger partial charge in [-0.15, -0.1) is 0 Å². The summed E-state index contributed by atoms with van der Waals surface area (Å²) in [5, 5.41) is 4.31. The maximum atomic E-state index is 12.6. The molecule has 0 radical (unpaired) electrons. The minimum absolute atomic E-state index is 0.0292. The number of carbonyl (C=O) groups excluding carboxylic acids is 1. The summed E-state index contributed by atoms with van der Waals surface area (Å²) >= 11 is 1.73. The molecule has 0 aliphatic carbocycles. The zero-order chi connectivity index (χ0) is 16.4. The molecule has 1 amide bonds. The van der Waals surface area contributed by atoms with Gasteiger partial charge in [-0.2, -0.15) is 11.3 Å². The third kappa shape index (κ3) is 3.33. The summed E-state index contributed by atoms with van der Waals surface area (Å²) in [7, 11) is 0. The fraction of sp³-hybridized carbons (Fsp3) is 0.471. The van der Waals surface area contributed by atoms with Crippen LogP contribution in [0, 0.1) is 5.92 Å². The Morgan fingerprint density at radius 1 is 1.33 bits per heavy atom. The van der Waals surface area contributed by atoms with Gasteiger partial charge in [0.15, 0.2) is 0 Å². The van der Waals surface area contributed by atoms with Gasteiger partial charge in [-0.05, 0) is 28.5 Å². The molecule has 126 valence electrons. The van der Waals surface area contributed by atoms with Gasteiger partial charge in [0.2, 0.25) is 0 Å². The number of aromatic nitrogens is 2. The van der Waals surface area contributed by atoms with Crippen LogP contribution in [0.3, 0.4) is 0 Å². The minimum atomic E-state index is -0.0292. The summed E-state index contributed by atoms with van der Waals surface area (Å²) in [5.74, 6) is 0.329. The quantitative estimate of drug-likeness (QED) is 0.845. The fourth-order valence-electron chi connectivity index (χ4n) is 3.49. The molecule has 0 bridgehead atoms. The van der Waals surface area contributed by atoms with E-state index in [-0.39, 0.29) is 12.0 Å². The molecule has 2 aliphatic heterocycles. The van der Waals surface area contributed by atoms with E-state index in [1.165, 1.54) is 11.9 Å². The van der Waals surface area contributed by atoms with Crippen molar-refractivity contribution in [3.05, 3.63) is 46.7 Å². The molecule has 0 spiro atoms. The van der Waals surface area contributed by atoms with Crippen molar-refractivity contribution < 1.29 is 9.53 Å². The Morgan fingerprint density at radius 3 is 3.08 bits per heavy atom. The number of ether oxygens (including phenoxy) is 1. The highest BCUT2D eigenvalue weighted by Crippen LogP contribution is 2.25. The average Bonchev–Trinajstić information content (AvgIpc) is 3.22. The van der Waals surface area contributed by atoms with Crippen molar-refractivity contribution in [3.8, 4) is 0 Å². The zero-order valence-electron chi connectivity index (χ0n) is 13.4. The van der Waals surface area contributed by atoms with E-state index in [4.69, 9.17) is 4.74 Å². The molecule has 2 aromatic rings. The van der Waals surface area contributed by atoms with Crippen molar-refractivity contribution in [2.24, 2.45) is 5.92 Å². The van der Waals surface area contributed by atoms with Crippen molar-refractivity contribution in [1.82, 2.24) is 19.8 Å². The summed E-state index contributed by atoms with van der Waals surface area (Å²) < 4.78 is 6.03. The largest absolute Gasteiger partial charge is 0.375 e. The molecule has 4 heterocycles. The normalized spacial score (nSPS) is 24.6. The molecule has 0 unspecified atom stereocenters. The number of nitrogens with zero attached hydrogens (tertiary/aromatic N) is 4. The standard InChI is InChI=1S/C17H20N4O2S/c22-17(15-1-3-18-12-19-15)21-9-14-8-20(4-5-23-16(14)10-21)7-13-2-6-24-11-13/h1-3,6,11-12,14,16H,4-5,7-10H2/t14-,16+/m0/s1. The van der Waals surface area contributed by atoms with E-state index in [0.29, 0.717) is 18.2 Å². The predicted molar refractivity (Wildman–Crippen MR) is 90.8 cm³/mol. The maximum Gasteiger partial charge on any atom is 0.272 e. The summed E-state index contributed by atoms with van der Waals surface area (Å²) in [5.41, 5.74) is 1.81. The van der Waals surface area contributed by atoms with E-state index in [2.05, 4.69) is 31.7 Å². The molecule has 6 nitrogen and oxygen atoms in total. The number of fused-ring (bicyclic) bond motifs is 1. The maximum absolute atomic E-state index is 12.6. The molecule has 2 aliphatic rings. The molecule has 2 saturated heterocycles. The lowest BCUT2D eigenvalue weighted by Gasteiger charge is -2.23. The van der Waals surface area contributed by atoms with Crippen LogP contribution in [0.25, 0.3) is 0 Å². The first-order valence-electron chi connectivity index (χ1n) is 8.20. The fourth-order valence-corrected chi connectivity index (χ4v) is 4.15. The van der Waals surface area contributed by atoms with Crippen LogP contribution in [-0.2, 0) is 11.3 Å².